The largest absolute Gasteiger partial charge is 0.466 e. The number of esters is 1. The Balaban J connectivity index is 2.55. The standard InChI is InChI=1S/C14H16N2O3/c1-2-19-14(18)7-6-11-4-3-5-12(10-11)16-13(17)8-9-15/h3-5,10H,2,6-8H2,1H3,(H,16,17). The van der Waals surface area contributed by atoms with Crippen LogP contribution in [0.1, 0.15) is 25.3 Å². The number of benzene rings is 1. The zero-order chi connectivity index (χ0) is 14.1. The van der Waals surface area contributed by atoms with Gasteiger partial charge in [0.15, 0.2) is 0 Å². The van der Waals surface area contributed by atoms with Crippen molar-refractivity contribution in [3.8, 4) is 6.07 Å². The van der Waals surface area contributed by atoms with Gasteiger partial charge in [-0.2, -0.15) is 5.26 Å². The molecule has 1 N–H and O–H groups in total. The molecule has 0 aliphatic rings. The maximum absolute atomic E-state index is 11.3. The molecule has 0 aliphatic carbocycles. The summed E-state index contributed by atoms with van der Waals surface area (Å²) in [5.74, 6) is -0.577. The summed E-state index contributed by atoms with van der Waals surface area (Å²) in [6, 6.07) is 8.98. The van der Waals surface area contributed by atoms with E-state index in [0.29, 0.717) is 25.1 Å². The van der Waals surface area contributed by atoms with Gasteiger partial charge in [0.05, 0.1) is 12.7 Å². The molecule has 0 aliphatic heterocycles. The monoisotopic (exact) mass is 260 g/mol. The van der Waals surface area contributed by atoms with Crippen LogP contribution in [-0.4, -0.2) is 18.5 Å². The van der Waals surface area contributed by atoms with Gasteiger partial charge in [-0.25, -0.2) is 0 Å². The van der Waals surface area contributed by atoms with Crippen LogP contribution in [0, 0.1) is 11.3 Å². The Morgan fingerprint density at radius 3 is 2.89 bits per heavy atom. The molecule has 5 heteroatoms. The Kier molecular flexibility index (Phi) is 6.10. The third-order valence-electron chi connectivity index (χ3n) is 2.37. The second-order valence-corrected chi connectivity index (χ2v) is 3.89. The van der Waals surface area contributed by atoms with Gasteiger partial charge in [-0.1, -0.05) is 12.1 Å². The molecule has 0 unspecified atom stereocenters. The van der Waals surface area contributed by atoms with Crippen LogP contribution in [0.5, 0.6) is 0 Å². The van der Waals surface area contributed by atoms with Crippen molar-refractivity contribution in [1.82, 2.24) is 0 Å². The van der Waals surface area contributed by atoms with E-state index in [1.165, 1.54) is 0 Å². The predicted octanol–water partition coefficient (Wildman–Crippen LogP) is 2.03. The number of hydrogen-bond acceptors (Lipinski definition) is 4. The van der Waals surface area contributed by atoms with Crippen molar-refractivity contribution in [2.75, 3.05) is 11.9 Å². The maximum Gasteiger partial charge on any atom is 0.306 e. The van der Waals surface area contributed by atoms with Crippen molar-refractivity contribution in [2.45, 2.75) is 26.2 Å². The van der Waals surface area contributed by atoms with Gasteiger partial charge in [-0.15, -0.1) is 0 Å². The van der Waals surface area contributed by atoms with Crippen molar-refractivity contribution in [2.24, 2.45) is 0 Å². The Labute approximate surface area is 112 Å². The molecule has 19 heavy (non-hydrogen) atoms. The number of aryl methyl sites for hydroxylation is 1. The van der Waals surface area contributed by atoms with Gasteiger partial charge in [0.25, 0.3) is 0 Å². The summed E-state index contributed by atoms with van der Waals surface area (Å²) in [4.78, 5) is 22.5. The highest BCUT2D eigenvalue weighted by molar-refractivity contribution is 5.92. The molecule has 0 atom stereocenters. The molecule has 1 amide bonds. The van der Waals surface area contributed by atoms with E-state index in [2.05, 4.69) is 5.32 Å². The molecule has 0 radical (unpaired) electrons. The van der Waals surface area contributed by atoms with Gasteiger partial charge < -0.3 is 10.1 Å². The number of nitrogens with one attached hydrogen (secondary N) is 1. The molecule has 0 spiro atoms. The summed E-state index contributed by atoms with van der Waals surface area (Å²) in [7, 11) is 0. The summed E-state index contributed by atoms with van der Waals surface area (Å²) in [5, 5.41) is 11.0. The molecule has 0 bridgehead atoms. The zero-order valence-electron chi connectivity index (χ0n) is 10.8. The van der Waals surface area contributed by atoms with E-state index in [1.807, 2.05) is 6.07 Å². The maximum atomic E-state index is 11.3. The number of carbonyl (C=O) groups is 2. The predicted molar refractivity (Wildman–Crippen MR) is 70.3 cm³/mol. The molecule has 1 aromatic rings. The molecular weight excluding hydrogens is 244 g/mol. The smallest absolute Gasteiger partial charge is 0.306 e. The Morgan fingerprint density at radius 1 is 1.42 bits per heavy atom. The van der Waals surface area contributed by atoms with Crippen LogP contribution in [-0.2, 0) is 20.7 Å². The van der Waals surface area contributed by atoms with Crippen molar-refractivity contribution in [3.05, 3.63) is 29.8 Å². The van der Waals surface area contributed by atoms with Crippen LogP contribution in [0.4, 0.5) is 5.69 Å². The highest BCUT2D eigenvalue weighted by Gasteiger charge is 2.05. The fourth-order valence-corrected chi connectivity index (χ4v) is 1.56. The molecule has 0 saturated carbocycles. The van der Waals surface area contributed by atoms with E-state index < -0.39 is 0 Å². The minimum absolute atomic E-state index is 0.174. The molecule has 1 rings (SSSR count). The molecule has 5 nitrogen and oxygen atoms in total. The van der Waals surface area contributed by atoms with E-state index in [1.54, 1.807) is 31.2 Å². The van der Waals surface area contributed by atoms with Gasteiger partial charge in [-0.05, 0) is 31.0 Å². The van der Waals surface area contributed by atoms with Crippen LogP contribution < -0.4 is 5.32 Å². The number of hydrogen-bond donors (Lipinski definition) is 1. The topological polar surface area (TPSA) is 79.2 Å². The lowest BCUT2D eigenvalue weighted by atomic mass is 10.1. The molecule has 0 saturated heterocycles. The van der Waals surface area contributed by atoms with Crippen LogP contribution in [0.15, 0.2) is 24.3 Å². The number of rotatable bonds is 6. The molecule has 1 aromatic carbocycles. The van der Waals surface area contributed by atoms with Crippen molar-refractivity contribution < 1.29 is 14.3 Å². The van der Waals surface area contributed by atoms with Crippen molar-refractivity contribution in [1.29, 1.82) is 5.26 Å². The Morgan fingerprint density at radius 2 is 2.21 bits per heavy atom. The first-order valence-electron chi connectivity index (χ1n) is 6.07. The van der Waals surface area contributed by atoms with Crippen LogP contribution in [0.25, 0.3) is 0 Å². The number of amides is 1. The third-order valence-corrected chi connectivity index (χ3v) is 2.37. The van der Waals surface area contributed by atoms with Crippen molar-refractivity contribution >= 4 is 17.6 Å². The SMILES string of the molecule is CCOC(=O)CCc1cccc(NC(=O)CC#N)c1. The fraction of sp³-hybridized carbons (Fsp3) is 0.357. The quantitative estimate of drug-likeness (QED) is 0.794. The molecular formula is C14H16N2O3. The first-order chi connectivity index (χ1) is 9.15. The number of nitrogens with zero attached hydrogens (tertiary/aromatic N) is 1. The van der Waals surface area contributed by atoms with Gasteiger partial charge in [0.2, 0.25) is 5.91 Å². The van der Waals surface area contributed by atoms with Gasteiger partial charge in [-0.3, -0.25) is 9.59 Å². The van der Waals surface area contributed by atoms with E-state index in [9.17, 15) is 9.59 Å². The number of anilines is 1. The van der Waals surface area contributed by atoms with E-state index in [0.717, 1.165) is 5.56 Å². The van der Waals surface area contributed by atoms with Gasteiger partial charge in [0.1, 0.15) is 6.42 Å². The summed E-state index contributed by atoms with van der Waals surface area (Å²) in [6.07, 6.45) is 0.692. The third kappa shape index (κ3) is 5.68. The molecule has 0 heterocycles. The van der Waals surface area contributed by atoms with Crippen LogP contribution in [0.3, 0.4) is 0 Å². The molecule has 0 fully saturated rings. The summed E-state index contributed by atoms with van der Waals surface area (Å²) in [6.45, 7) is 2.15. The van der Waals surface area contributed by atoms with Crippen LogP contribution >= 0.6 is 0 Å². The minimum Gasteiger partial charge on any atom is -0.466 e. The lowest BCUT2D eigenvalue weighted by Gasteiger charge is -2.06. The first kappa shape index (κ1) is 14.7. The lowest BCUT2D eigenvalue weighted by Crippen LogP contribution is -2.10. The van der Waals surface area contributed by atoms with E-state index in [-0.39, 0.29) is 18.3 Å². The normalized spacial score (nSPS) is 9.47. The van der Waals surface area contributed by atoms with Crippen molar-refractivity contribution in [3.63, 3.8) is 0 Å². The second kappa shape index (κ2) is 7.88. The van der Waals surface area contributed by atoms with Gasteiger partial charge in [0, 0.05) is 12.1 Å². The molecule has 100 valence electrons. The lowest BCUT2D eigenvalue weighted by molar-refractivity contribution is -0.143. The average Bonchev–Trinajstić information content (AvgIpc) is 2.37. The highest BCUT2D eigenvalue weighted by Crippen LogP contribution is 2.12. The fourth-order valence-electron chi connectivity index (χ4n) is 1.56. The Bertz CT molecular complexity index is 492. The summed E-state index contributed by atoms with van der Waals surface area (Å²) < 4.78 is 4.85. The highest BCUT2D eigenvalue weighted by atomic mass is 16.5. The minimum atomic E-state index is -0.343. The number of nitriles is 1. The number of carbonyl (C=O) groups excluding carboxylic acids is 2. The van der Waals surface area contributed by atoms with E-state index >= 15 is 0 Å². The number of ether oxygens (including phenoxy) is 1. The van der Waals surface area contributed by atoms with E-state index in [4.69, 9.17) is 10.00 Å². The average molecular weight is 260 g/mol. The Hall–Kier alpha value is -2.35. The second-order valence-electron chi connectivity index (χ2n) is 3.89. The van der Waals surface area contributed by atoms with Gasteiger partial charge >= 0.3 is 5.97 Å². The molecule has 0 aromatic heterocycles. The van der Waals surface area contributed by atoms with Crippen LogP contribution in [0.2, 0.25) is 0 Å². The summed E-state index contributed by atoms with van der Waals surface area (Å²) in [5.41, 5.74) is 1.56. The summed E-state index contributed by atoms with van der Waals surface area (Å²) >= 11 is 0. The zero-order valence-corrected chi connectivity index (χ0v) is 10.8. The first-order valence-corrected chi connectivity index (χ1v) is 6.07.